The van der Waals surface area contributed by atoms with Crippen molar-refractivity contribution in [3.8, 4) is 5.75 Å². The van der Waals surface area contributed by atoms with Gasteiger partial charge in [-0.1, -0.05) is 12.1 Å². The van der Waals surface area contributed by atoms with Crippen molar-refractivity contribution in [2.75, 3.05) is 20.3 Å². The Labute approximate surface area is 119 Å². The molecule has 0 radical (unpaired) electrons. The van der Waals surface area contributed by atoms with Crippen LogP contribution in [0, 0.1) is 5.41 Å². The summed E-state index contributed by atoms with van der Waals surface area (Å²) in [4.78, 5) is 11.7. The zero-order valence-electron chi connectivity index (χ0n) is 11.8. The molecule has 108 valence electrons. The Morgan fingerprint density at radius 3 is 2.65 bits per heavy atom. The number of ether oxygens (including phenoxy) is 1. The van der Waals surface area contributed by atoms with Gasteiger partial charge in [0.25, 0.3) is 0 Å². The predicted molar refractivity (Wildman–Crippen MR) is 78.4 cm³/mol. The van der Waals surface area contributed by atoms with E-state index >= 15 is 0 Å². The van der Waals surface area contributed by atoms with Gasteiger partial charge in [0.2, 0.25) is 5.91 Å². The zero-order chi connectivity index (χ0) is 14.4. The van der Waals surface area contributed by atoms with E-state index in [1.807, 2.05) is 24.3 Å². The number of benzene rings is 1. The Balaban J connectivity index is 1.80. The van der Waals surface area contributed by atoms with Crippen molar-refractivity contribution < 1.29 is 14.6 Å². The summed E-state index contributed by atoms with van der Waals surface area (Å²) in [5, 5.41) is 11.9. The van der Waals surface area contributed by atoms with E-state index in [-0.39, 0.29) is 17.9 Å². The Bertz CT molecular complexity index is 475. The fourth-order valence-electron chi connectivity index (χ4n) is 2.15. The quantitative estimate of drug-likeness (QED) is 0.748. The molecule has 0 aromatic heterocycles. The minimum atomic E-state index is -0.0926. The van der Waals surface area contributed by atoms with Gasteiger partial charge in [-0.3, -0.25) is 4.79 Å². The van der Waals surface area contributed by atoms with Crippen molar-refractivity contribution in [1.82, 2.24) is 5.32 Å². The van der Waals surface area contributed by atoms with E-state index in [1.165, 1.54) is 6.08 Å². The first-order valence-electron chi connectivity index (χ1n) is 6.88. The maximum Gasteiger partial charge on any atom is 0.244 e. The molecule has 0 aliphatic heterocycles. The number of hydrogen-bond acceptors (Lipinski definition) is 3. The number of rotatable bonds is 7. The molecule has 0 saturated heterocycles. The lowest BCUT2D eigenvalue weighted by Crippen LogP contribution is -2.29. The second kappa shape index (κ2) is 6.57. The standard InChI is InChI=1S/C16H21NO3/c1-20-14-5-2-13(3-6-14)4-7-15(19)17-12-16(8-9-16)10-11-18/h2-7,18H,8-12H2,1H3,(H,17,19)/b7-4+. The van der Waals surface area contributed by atoms with Gasteiger partial charge in [0, 0.05) is 19.2 Å². The van der Waals surface area contributed by atoms with E-state index in [4.69, 9.17) is 9.84 Å². The molecule has 0 bridgehead atoms. The number of aliphatic hydroxyl groups is 1. The van der Waals surface area contributed by atoms with Gasteiger partial charge in [0.05, 0.1) is 7.11 Å². The summed E-state index contributed by atoms with van der Waals surface area (Å²) in [5.41, 5.74) is 1.11. The minimum absolute atomic E-state index is 0.0926. The molecule has 1 aromatic rings. The van der Waals surface area contributed by atoms with Crippen molar-refractivity contribution in [3.05, 3.63) is 35.9 Å². The number of carbonyl (C=O) groups is 1. The Morgan fingerprint density at radius 2 is 2.10 bits per heavy atom. The monoisotopic (exact) mass is 275 g/mol. The van der Waals surface area contributed by atoms with Crippen LogP contribution in [-0.4, -0.2) is 31.3 Å². The molecule has 0 unspecified atom stereocenters. The van der Waals surface area contributed by atoms with Crippen LogP contribution in [0.25, 0.3) is 6.08 Å². The van der Waals surface area contributed by atoms with Gasteiger partial charge in [-0.2, -0.15) is 0 Å². The number of methoxy groups -OCH3 is 1. The summed E-state index contributed by atoms with van der Waals surface area (Å²) in [6, 6.07) is 7.52. The normalized spacial score (nSPS) is 16.1. The first-order chi connectivity index (χ1) is 9.67. The van der Waals surface area contributed by atoms with Crippen molar-refractivity contribution in [2.24, 2.45) is 5.41 Å². The molecular formula is C16H21NO3. The maximum atomic E-state index is 11.7. The van der Waals surface area contributed by atoms with E-state index in [0.29, 0.717) is 6.54 Å². The van der Waals surface area contributed by atoms with Crippen LogP contribution < -0.4 is 10.1 Å². The van der Waals surface area contributed by atoms with Crippen LogP contribution in [-0.2, 0) is 4.79 Å². The lowest BCUT2D eigenvalue weighted by Gasteiger charge is -2.13. The van der Waals surface area contributed by atoms with Crippen LogP contribution >= 0.6 is 0 Å². The third-order valence-electron chi connectivity index (χ3n) is 3.78. The summed E-state index contributed by atoms with van der Waals surface area (Å²) in [5.74, 6) is 0.705. The lowest BCUT2D eigenvalue weighted by atomic mass is 10.0. The number of nitrogens with one attached hydrogen (secondary N) is 1. The molecule has 4 heteroatoms. The number of amides is 1. The third kappa shape index (κ3) is 4.10. The molecule has 0 heterocycles. The van der Waals surface area contributed by atoms with Crippen LogP contribution in [0.1, 0.15) is 24.8 Å². The second-order valence-corrected chi connectivity index (χ2v) is 5.30. The molecule has 20 heavy (non-hydrogen) atoms. The molecule has 0 atom stereocenters. The van der Waals surface area contributed by atoms with Crippen LogP contribution in [0.4, 0.5) is 0 Å². The van der Waals surface area contributed by atoms with Crippen molar-refractivity contribution >= 4 is 12.0 Å². The molecular weight excluding hydrogens is 254 g/mol. The molecule has 1 amide bonds. The third-order valence-corrected chi connectivity index (χ3v) is 3.78. The fraction of sp³-hybridized carbons (Fsp3) is 0.438. The summed E-state index contributed by atoms with van der Waals surface area (Å²) in [7, 11) is 1.62. The number of carbonyl (C=O) groups excluding carboxylic acids is 1. The van der Waals surface area contributed by atoms with Crippen LogP contribution in [0.15, 0.2) is 30.3 Å². The molecule has 1 aromatic carbocycles. The van der Waals surface area contributed by atoms with E-state index in [0.717, 1.165) is 30.6 Å². The molecule has 2 rings (SSSR count). The van der Waals surface area contributed by atoms with Gasteiger partial charge >= 0.3 is 0 Å². The SMILES string of the molecule is COc1ccc(/C=C/C(=O)NCC2(CCO)CC2)cc1. The van der Waals surface area contributed by atoms with Gasteiger partial charge in [-0.15, -0.1) is 0 Å². The fourth-order valence-corrected chi connectivity index (χ4v) is 2.15. The topological polar surface area (TPSA) is 58.6 Å². The summed E-state index contributed by atoms with van der Waals surface area (Å²) >= 11 is 0. The van der Waals surface area contributed by atoms with E-state index in [9.17, 15) is 4.79 Å². The maximum absolute atomic E-state index is 11.7. The highest BCUT2D eigenvalue weighted by Gasteiger charge is 2.41. The van der Waals surface area contributed by atoms with E-state index < -0.39 is 0 Å². The van der Waals surface area contributed by atoms with Crippen molar-refractivity contribution in [1.29, 1.82) is 0 Å². The smallest absolute Gasteiger partial charge is 0.244 e. The van der Waals surface area contributed by atoms with E-state index in [1.54, 1.807) is 13.2 Å². The Hall–Kier alpha value is -1.81. The summed E-state index contributed by atoms with van der Waals surface area (Å²) in [6.45, 7) is 0.844. The van der Waals surface area contributed by atoms with Crippen LogP contribution in [0.5, 0.6) is 5.75 Å². The molecule has 0 spiro atoms. The highest BCUT2D eigenvalue weighted by molar-refractivity contribution is 5.91. The summed E-state index contributed by atoms with van der Waals surface area (Å²) in [6.07, 6.45) is 6.28. The van der Waals surface area contributed by atoms with Crippen molar-refractivity contribution in [2.45, 2.75) is 19.3 Å². The van der Waals surface area contributed by atoms with E-state index in [2.05, 4.69) is 5.32 Å². The van der Waals surface area contributed by atoms with Crippen molar-refractivity contribution in [3.63, 3.8) is 0 Å². The Kier molecular flexibility index (Phi) is 4.79. The summed E-state index contributed by atoms with van der Waals surface area (Å²) < 4.78 is 5.08. The molecule has 1 saturated carbocycles. The predicted octanol–water partition coefficient (Wildman–Crippen LogP) is 1.99. The average molecular weight is 275 g/mol. The number of hydrogen-bond donors (Lipinski definition) is 2. The average Bonchev–Trinajstić information content (AvgIpc) is 3.24. The molecule has 4 nitrogen and oxygen atoms in total. The first-order valence-corrected chi connectivity index (χ1v) is 6.88. The highest BCUT2D eigenvalue weighted by Crippen LogP contribution is 2.47. The molecule has 1 aliphatic rings. The van der Waals surface area contributed by atoms with Gasteiger partial charge in [0.15, 0.2) is 0 Å². The first kappa shape index (κ1) is 14.6. The van der Waals surface area contributed by atoms with Gasteiger partial charge < -0.3 is 15.2 Å². The Morgan fingerprint density at radius 1 is 1.40 bits per heavy atom. The lowest BCUT2D eigenvalue weighted by molar-refractivity contribution is -0.116. The molecule has 1 fully saturated rings. The minimum Gasteiger partial charge on any atom is -0.497 e. The second-order valence-electron chi connectivity index (χ2n) is 5.30. The van der Waals surface area contributed by atoms with Crippen LogP contribution in [0.3, 0.4) is 0 Å². The van der Waals surface area contributed by atoms with Gasteiger partial charge in [-0.25, -0.2) is 0 Å². The van der Waals surface area contributed by atoms with Crippen LogP contribution in [0.2, 0.25) is 0 Å². The van der Waals surface area contributed by atoms with Gasteiger partial charge in [0.1, 0.15) is 5.75 Å². The zero-order valence-corrected chi connectivity index (χ0v) is 11.8. The molecule has 1 aliphatic carbocycles. The largest absolute Gasteiger partial charge is 0.497 e. The van der Waals surface area contributed by atoms with Gasteiger partial charge in [-0.05, 0) is 48.4 Å². The highest BCUT2D eigenvalue weighted by atomic mass is 16.5. The molecule has 2 N–H and O–H groups in total. The number of aliphatic hydroxyl groups excluding tert-OH is 1.